The predicted octanol–water partition coefficient (Wildman–Crippen LogP) is 4.91. The van der Waals surface area contributed by atoms with Crippen molar-refractivity contribution in [3.63, 3.8) is 0 Å². The number of esters is 1. The Bertz CT molecular complexity index is 1160. The number of Topliss-reactive ketones (excluding diaryl/α,β-unsaturated/α-hetero) is 1. The van der Waals surface area contributed by atoms with Gasteiger partial charge in [-0.05, 0) is 57.0 Å². The Kier molecular flexibility index (Phi) is 6.24. The van der Waals surface area contributed by atoms with Gasteiger partial charge in [-0.1, -0.05) is 25.6 Å². The molecule has 1 aliphatic rings. The molecule has 2 heterocycles. The maximum atomic E-state index is 13.1. The van der Waals surface area contributed by atoms with E-state index in [1.165, 1.54) is 18.9 Å². The summed E-state index contributed by atoms with van der Waals surface area (Å²) in [4.78, 5) is 24.8. The van der Waals surface area contributed by atoms with Crippen molar-refractivity contribution in [2.24, 2.45) is 0 Å². The van der Waals surface area contributed by atoms with Crippen molar-refractivity contribution < 1.29 is 14.3 Å². The molecule has 1 fully saturated rings. The van der Waals surface area contributed by atoms with Gasteiger partial charge in [-0.25, -0.2) is 4.79 Å². The van der Waals surface area contributed by atoms with Crippen LogP contribution in [0.2, 0.25) is 0 Å². The highest BCUT2D eigenvalue weighted by molar-refractivity contribution is 7.99. The van der Waals surface area contributed by atoms with Crippen LogP contribution in [0.15, 0.2) is 35.5 Å². The monoisotopic (exact) mass is 452 g/mol. The van der Waals surface area contributed by atoms with E-state index in [4.69, 9.17) is 4.74 Å². The molecule has 0 atom stereocenters. The SMILES string of the molecule is COC(=O)c1ccc(-n2c(C)cc(C(=O)CSc3nnc(C(C)C)n3C3CC3)c2C)cc1. The summed E-state index contributed by atoms with van der Waals surface area (Å²) < 4.78 is 9.01. The third kappa shape index (κ3) is 4.24. The van der Waals surface area contributed by atoms with Crippen molar-refractivity contribution in [2.45, 2.75) is 57.7 Å². The summed E-state index contributed by atoms with van der Waals surface area (Å²) in [7, 11) is 1.36. The van der Waals surface area contributed by atoms with E-state index in [0.29, 0.717) is 28.8 Å². The molecule has 0 bridgehead atoms. The number of ketones is 1. The largest absolute Gasteiger partial charge is 0.465 e. The zero-order valence-electron chi connectivity index (χ0n) is 19.1. The van der Waals surface area contributed by atoms with Gasteiger partial charge in [0.05, 0.1) is 18.4 Å². The Labute approximate surface area is 192 Å². The number of thioether (sulfide) groups is 1. The fourth-order valence-corrected chi connectivity index (χ4v) is 4.87. The molecule has 4 rings (SSSR count). The molecular weight excluding hydrogens is 424 g/mol. The normalized spacial score (nSPS) is 13.6. The van der Waals surface area contributed by atoms with Crippen molar-refractivity contribution in [3.8, 4) is 5.69 Å². The van der Waals surface area contributed by atoms with Gasteiger partial charge in [0.1, 0.15) is 5.82 Å². The number of rotatable bonds is 8. The van der Waals surface area contributed by atoms with Crippen LogP contribution in [0.25, 0.3) is 5.69 Å². The van der Waals surface area contributed by atoms with Crippen LogP contribution < -0.4 is 0 Å². The molecule has 0 saturated heterocycles. The summed E-state index contributed by atoms with van der Waals surface area (Å²) in [6.45, 7) is 8.16. The zero-order valence-corrected chi connectivity index (χ0v) is 19.9. The first-order valence-corrected chi connectivity index (χ1v) is 11.8. The van der Waals surface area contributed by atoms with Crippen LogP contribution in [0, 0.1) is 13.8 Å². The molecule has 2 aromatic heterocycles. The number of ether oxygens (including phenoxy) is 1. The molecule has 8 heteroatoms. The quantitative estimate of drug-likeness (QED) is 0.275. The van der Waals surface area contributed by atoms with E-state index in [-0.39, 0.29) is 11.8 Å². The lowest BCUT2D eigenvalue weighted by Crippen LogP contribution is -2.08. The van der Waals surface area contributed by atoms with E-state index in [1.807, 2.05) is 36.6 Å². The molecule has 32 heavy (non-hydrogen) atoms. The maximum absolute atomic E-state index is 13.1. The fraction of sp³-hybridized carbons (Fsp3) is 0.417. The number of hydrogen-bond donors (Lipinski definition) is 0. The highest BCUT2D eigenvalue weighted by Gasteiger charge is 2.30. The van der Waals surface area contributed by atoms with Crippen molar-refractivity contribution in [1.82, 2.24) is 19.3 Å². The van der Waals surface area contributed by atoms with Gasteiger partial charge < -0.3 is 13.9 Å². The number of nitrogens with zero attached hydrogens (tertiary/aromatic N) is 4. The number of benzene rings is 1. The Morgan fingerprint density at radius 2 is 1.84 bits per heavy atom. The third-order valence-electron chi connectivity index (χ3n) is 5.73. The van der Waals surface area contributed by atoms with Crippen LogP contribution in [0.5, 0.6) is 0 Å². The van der Waals surface area contributed by atoms with E-state index in [2.05, 4.69) is 28.6 Å². The first-order valence-electron chi connectivity index (χ1n) is 10.8. The van der Waals surface area contributed by atoms with Crippen LogP contribution in [0.3, 0.4) is 0 Å². The molecule has 0 N–H and O–H groups in total. The minimum atomic E-state index is -0.370. The Balaban J connectivity index is 1.53. The van der Waals surface area contributed by atoms with E-state index in [9.17, 15) is 9.59 Å². The second-order valence-electron chi connectivity index (χ2n) is 8.47. The summed E-state index contributed by atoms with van der Waals surface area (Å²) in [5.41, 5.74) is 3.94. The minimum absolute atomic E-state index is 0.0666. The van der Waals surface area contributed by atoms with E-state index in [1.54, 1.807) is 12.1 Å². The van der Waals surface area contributed by atoms with Crippen LogP contribution in [-0.4, -0.2) is 43.9 Å². The van der Waals surface area contributed by atoms with Crippen molar-refractivity contribution in [1.29, 1.82) is 0 Å². The molecule has 3 aromatic rings. The number of carbonyl (C=O) groups excluding carboxylic acids is 2. The van der Waals surface area contributed by atoms with Crippen LogP contribution in [-0.2, 0) is 4.74 Å². The van der Waals surface area contributed by atoms with Crippen LogP contribution >= 0.6 is 11.8 Å². The molecule has 0 radical (unpaired) electrons. The molecule has 0 spiro atoms. The standard InChI is InChI=1S/C24H28N4O3S/c1-14(2)22-25-26-24(28(22)19-10-11-19)32-13-21(29)20-12-15(3)27(16(20)4)18-8-6-17(7-9-18)23(30)31-5/h6-9,12,14,19H,10-11,13H2,1-5H3. The highest BCUT2D eigenvalue weighted by atomic mass is 32.2. The summed E-state index contributed by atoms with van der Waals surface area (Å²) in [6, 6.07) is 9.58. The predicted molar refractivity (Wildman–Crippen MR) is 124 cm³/mol. The highest BCUT2D eigenvalue weighted by Crippen LogP contribution is 2.40. The second kappa shape index (κ2) is 8.94. The average molecular weight is 453 g/mol. The summed E-state index contributed by atoms with van der Waals surface area (Å²) in [5.74, 6) is 1.31. The van der Waals surface area contributed by atoms with Gasteiger partial charge in [0.15, 0.2) is 10.9 Å². The molecule has 7 nitrogen and oxygen atoms in total. The fourth-order valence-electron chi connectivity index (χ4n) is 3.97. The molecule has 1 saturated carbocycles. The number of methoxy groups -OCH3 is 1. The topological polar surface area (TPSA) is 79.0 Å². The summed E-state index contributed by atoms with van der Waals surface area (Å²) >= 11 is 1.46. The van der Waals surface area contributed by atoms with Gasteiger partial charge >= 0.3 is 5.97 Å². The Morgan fingerprint density at radius 1 is 1.16 bits per heavy atom. The van der Waals surface area contributed by atoms with Gasteiger partial charge in [-0.15, -0.1) is 10.2 Å². The number of carbonyl (C=O) groups is 2. The molecule has 0 amide bonds. The zero-order chi connectivity index (χ0) is 23.0. The minimum Gasteiger partial charge on any atom is -0.465 e. The lowest BCUT2D eigenvalue weighted by molar-refractivity contribution is 0.0600. The van der Waals surface area contributed by atoms with E-state index < -0.39 is 0 Å². The van der Waals surface area contributed by atoms with Gasteiger partial charge in [0.2, 0.25) is 0 Å². The first kappa shape index (κ1) is 22.3. The molecule has 0 unspecified atom stereocenters. The van der Waals surface area contributed by atoms with Crippen LogP contribution in [0.4, 0.5) is 0 Å². The number of hydrogen-bond acceptors (Lipinski definition) is 6. The van der Waals surface area contributed by atoms with Crippen molar-refractivity contribution in [3.05, 3.63) is 58.7 Å². The van der Waals surface area contributed by atoms with Gasteiger partial charge in [0, 0.05) is 34.6 Å². The lowest BCUT2D eigenvalue weighted by atomic mass is 10.2. The Morgan fingerprint density at radius 3 is 2.44 bits per heavy atom. The number of aryl methyl sites for hydroxylation is 1. The summed E-state index contributed by atoms with van der Waals surface area (Å²) in [5, 5.41) is 9.57. The Hall–Kier alpha value is -2.87. The van der Waals surface area contributed by atoms with Crippen molar-refractivity contribution >= 4 is 23.5 Å². The van der Waals surface area contributed by atoms with Gasteiger partial charge in [-0.2, -0.15) is 0 Å². The third-order valence-corrected chi connectivity index (χ3v) is 6.67. The average Bonchev–Trinajstić information content (AvgIpc) is 3.46. The molecule has 168 valence electrons. The summed E-state index contributed by atoms with van der Waals surface area (Å²) in [6.07, 6.45) is 2.30. The smallest absolute Gasteiger partial charge is 0.337 e. The van der Waals surface area contributed by atoms with E-state index in [0.717, 1.165) is 40.9 Å². The molecule has 1 aliphatic carbocycles. The molecular formula is C24H28N4O3S. The molecule has 1 aromatic carbocycles. The number of aromatic nitrogens is 4. The molecule has 0 aliphatic heterocycles. The maximum Gasteiger partial charge on any atom is 0.337 e. The van der Waals surface area contributed by atoms with Gasteiger partial charge in [0.25, 0.3) is 0 Å². The van der Waals surface area contributed by atoms with Crippen molar-refractivity contribution in [2.75, 3.05) is 12.9 Å². The van der Waals surface area contributed by atoms with Gasteiger partial charge in [-0.3, -0.25) is 4.79 Å². The van der Waals surface area contributed by atoms with Crippen LogP contribution in [0.1, 0.15) is 76.6 Å². The lowest BCUT2D eigenvalue weighted by Gasteiger charge is -2.11. The second-order valence-corrected chi connectivity index (χ2v) is 9.41. The first-order chi connectivity index (χ1) is 15.3. The van der Waals surface area contributed by atoms with E-state index >= 15 is 0 Å².